The van der Waals surface area contributed by atoms with E-state index >= 15 is 0 Å². The SMILES string of the molecule is NNC(=O)CN1C(=O)C(c2ccccc2)Nc2ccccc21. The molecule has 6 heteroatoms. The number of rotatable bonds is 3. The molecule has 22 heavy (non-hydrogen) atoms. The second-order valence-corrected chi connectivity index (χ2v) is 5.00. The molecule has 1 aliphatic rings. The van der Waals surface area contributed by atoms with Crippen molar-refractivity contribution < 1.29 is 9.59 Å². The summed E-state index contributed by atoms with van der Waals surface area (Å²) in [5, 5.41) is 3.23. The lowest BCUT2D eigenvalue weighted by molar-refractivity contribution is -0.124. The molecule has 0 spiro atoms. The lowest BCUT2D eigenvalue weighted by Crippen LogP contribution is -2.48. The highest BCUT2D eigenvalue weighted by molar-refractivity contribution is 6.08. The number of anilines is 2. The molecule has 4 N–H and O–H groups in total. The Morgan fingerprint density at radius 2 is 1.82 bits per heavy atom. The predicted octanol–water partition coefficient (Wildman–Crippen LogP) is 1.18. The molecule has 2 aromatic carbocycles. The molecule has 0 saturated carbocycles. The molecule has 2 aromatic rings. The summed E-state index contributed by atoms with van der Waals surface area (Å²) in [5.41, 5.74) is 4.39. The number of nitrogens with one attached hydrogen (secondary N) is 2. The minimum absolute atomic E-state index is 0.114. The highest BCUT2D eigenvalue weighted by Crippen LogP contribution is 2.36. The van der Waals surface area contributed by atoms with Gasteiger partial charge in [-0.2, -0.15) is 0 Å². The van der Waals surface area contributed by atoms with Gasteiger partial charge in [0.2, 0.25) is 0 Å². The Morgan fingerprint density at radius 3 is 2.55 bits per heavy atom. The van der Waals surface area contributed by atoms with Gasteiger partial charge in [-0.05, 0) is 17.7 Å². The molecule has 0 bridgehead atoms. The molecule has 1 heterocycles. The van der Waals surface area contributed by atoms with E-state index in [1.54, 1.807) is 6.07 Å². The summed E-state index contributed by atoms with van der Waals surface area (Å²) >= 11 is 0. The second kappa shape index (κ2) is 5.87. The number of hydrogen-bond donors (Lipinski definition) is 3. The number of nitrogens with zero attached hydrogens (tertiary/aromatic N) is 1. The molecule has 0 aromatic heterocycles. The first kappa shape index (κ1) is 14.1. The number of hydrogen-bond acceptors (Lipinski definition) is 4. The maximum absolute atomic E-state index is 12.8. The summed E-state index contributed by atoms with van der Waals surface area (Å²) in [4.78, 5) is 25.9. The number of benzene rings is 2. The van der Waals surface area contributed by atoms with Gasteiger partial charge in [0.1, 0.15) is 12.6 Å². The zero-order chi connectivity index (χ0) is 15.5. The number of fused-ring (bicyclic) bond motifs is 1. The minimum atomic E-state index is -0.526. The lowest BCUT2D eigenvalue weighted by atomic mass is 10.0. The predicted molar refractivity (Wildman–Crippen MR) is 83.9 cm³/mol. The summed E-state index contributed by atoms with van der Waals surface area (Å²) in [7, 11) is 0. The maximum Gasteiger partial charge on any atom is 0.254 e. The van der Waals surface area contributed by atoms with Crippen LogP contribution in [-0.2, 0) is 9.59 Å². The van der Waals surface area contributed by atoms with E-state index in [-0.39, 0.29) is 12.5 Å². The van der Waals surface area contributed by atoms with E-state index in [1.807, 2.05) is 48.5 Å². The van der Waals surface area contributed by atoms with Crippen molar-refractivity contribution >= 4 is 23.2 Å². The Hall–Kier alpha value is -2.86. The van der Waals surface area contributed by atoms with E-state index in [0.717, 1.165) is 11.3 Å². The van der Waals surface area contributed by atoms with Crippen LogP contribution < -0.4 is 21.5 Å². The van der Waals surface area contributed by atoms with Gasteiger partial charge in [0, 0.05) is 0 Å². The fourth-order valence-electron chi connectivity index (χ4n) is 2.55. The van der Waals surface area contributed by atoms with E-state index < -0.39 is 11.9 Å². The van der Waals surface area contributed by atoms with Gasteiger partial charge in [0.25, 0.3) is 11.8 Å². The Kier molecular flexibility index (Phi) is 3.76. The fourth-order valence-corrected chi connectivity index (χ4v) is 2.55. The van der Waals surface area contributed by atoms with Gasteiger partial charge in [-0.3, -0.25) is 19.9 Å². The highest BCUT2D eigenvalue weighted by Gasteiger charge is 2.34. The van der Waals surface area contributed by atoms with Crippen LogP contribution >= 0.6 is 0 Å². The zero-order valence-corrected chi connectivity index (χ0v) is 11.8. The molecule has 1 atom stereocenters. The van der Waals surface area contributed by atoms with Crippen LogP contribution in [0.15, 0.2) is 54.6 Å². The first-order valence-corrected chi connectivity index (χ1v) is 6.92. The number of para-hydroxylation sites is 2. The van der Waals surface area contributed by atoms with Gasteiger partial charge < -0.3 is 5.32 Å². The highest BCUT2D eigenvalue weighted by atomic mass is 16.2. The number of carbonyl (C=O) groups excluding carboxylic acids is 2. The third-order valence-electron chi connectivity index (χ3n) is 3.60. The fraction of sp³-hybridized carbons (Fsp3) is 0.125. The maximum atomic E-state index is 12.8. The number of carbonyl (C=O) groups is 2. The van der Waals surface area contributed by atoms with Crippen molar-refractivity contribution in [3.05, 3.63) is 60.2 Å². The van der Waals surface area contributed by atoms with E-state index in [2.05, 4.69) is 10.7 Å². The van der Waals surface area contributed by atoms with Crippen molar-refractivity contribution in [1.29, 1.82) is 0 Å². The standard InChI is InChI=1S/C16H16N4O2/c17-19-14(21)10-20-13-9-5-4-8-12(13)18-15(16(20)22)11-6-2-1-3-7-11/h1-9,15,18H,10,17H2,(H,19,21). The second-order valence-electron chi connectivity index (χ2n) is 5.00. The quantitative estimate of drug-likeness (QED) is 0.451. The lowest BCUT2D eigenvalue weighted by Gasteiger charge is -2.35. The summed E-state index contributed by atoms with van der Waals surface area (Å²) in [6.07, 6.45) is 0. The van der Waals surface area contributed by atoms with E-state index in [9.17, 15) is 9.59 Å². The average Bonchev–Trinajstić information content (AvgIpc) is 2.57. The number of hydrazine groups is 1. The van der Waals surface area contributed by atoms with Crippen LogP contribution in [0, 0.1) is 0 Å². The van der Waals surface area contributed by atoms with Gasteiger partial charge in [0.05, 0.1) is 11.4 Å². The van der Waals surface area contributed by atoms with Crippen molar-refractivity contribution in [3.63, 3.8) is 0 Å². The molecule has 112 valence electrons. The van der Waals surface area contributed by atoms with Crippen molar-refractivity contribution in [2.75, 3.05) is 16.8 Å². The molecular formula is C16H16N4O2. The summed E-state index contributed by atoms with van der Waals surface area (Å²) < 4.78 is 0. The van der Waals surface area contributed by atoms with Gasteiger partial charge in [0.15, 0.2) is 0 Å². The van der Waals surface area contributed by atoms with Crippen LogP contribution in [0.3, 0.4) is 0 Å². The van der Waals surface area contributed by atoms with Crippen molar-refractivity contribution in [3.8, 4) is 0 Å². The van der Waals surface area contributed by atoms with Crippen molar-refractivity contribution in [2.45, 2.75) is 6.04 Å². The van der Waals surface area contributed by atoms with Gasteiger partial charge in [-0.25, -0.2) is 5.84 Å². The van der Waals surface area contributed by atoms with Gasteiger partial charge >= 0.3 is 0 Å². The monoisotopic (exact) mass is 296 g/mol. The molecule has 0 radical (unpaired) electrons. The first-order chi connectivity index (χ1) is 10.7. The average molecular weight is 296 g/mol. The zero-order valence-electron chi connectivity index (χ0n) is 11.8. The van der Waals surface area contributed by atoms with Crippen LogP contribution in [0.1, 0.15) is 11.6 Å². The first-order valence-electron chi connectivity index (χ1n) is 6.92. The van der Waals surface area contributed by atoms with Crippen molar-refractivity contribution in [1.82, 2.24) is 5.43 Å². The summed E-state index contributed by atoms with van der Waals surface area (Å²) in [6.45, 7) is -0.114. The Labute approximate surface area is 127 Å². The Bertz CT molecular complexity index is 702. The Morgan fingerprint density at radius 1 is 1.14 bits per heavy atom. The third-order valence-corrected chi connectivity index (χ3v) is 3.60. The molecule has 0 fully saturated rings. The third kappa shape index (κ3) is 2.51. The van der Waals surface area contributed by atoms with E-state index in [4.69, 9.17) is 5.84 Å². The van der Waals surface area contributed by atoms with Crippen LogP contribution in [0.5, 0.6) is 0 Å². The largest absolute Gasteiger partial charge is 0.368 e. The molecular weight excluding hydrogens is 280 g/mol. The smallest absolute Gasteiger partial charge is 0.254 e. The molecule has 3 rings (SSSR count). The van der Waals surface area contributed by atoms with E-state index in [0.29, 0.717) is 5.69 Å². The Balaban J connectivity index is 2.01. The van der Waals surface area contributed by atoms with E-state index in [1.165, 1.54) is 4.90 Å². The topological polar surface area (TPSA) is 87.5 Å². The minimum Gasteiger partial charge on any atom is -0.368 e. The number of amides is 2. The van der Waals surface area contributed by atoms with Gasteiger partial charge in [-0.1, -0.05) is 42.5 Å². The molecule has 0 saturated heterocycles. The molecule has 6 nitrogen and oxygen atoms in total. The molecule has 1 aliphatic heterocycles. The van der Waals surface area contributed by atoms with Gasteiger partial charge in [-0.15, -0.1) is 0 Å². The van der Waals surface area contributed by atoms with Crippen LogP contribution in [0.25, 0.3) is 0 Å². The summed E-state index contributed by atoms with van der Waals surface area (Å²) in [6, 6.07) is 16.3. The number of nitrogens with two attached hydrogens (primary N) is 1. The van der Waals surface area contributed by atoms with Crippen molar-refractivity contribution in [2.24, 2.45) is 5.84 Å². The van der Waals surface area contributed by atoms with Crippen LogP contribution in [-0.4, -0.2) is 18.4 Å². The molecule has 1 unspecified atom stereocenters. The molecule has 2 amide bonds. The summed E-state index contributed by atoms with van der Waals surface area (Å²) in [5.74, 6) is 4.54. The normalized spacial score (nSPS) is 16.7. The van der Waals surface area contributed by atoms with Crippen LogP contribution in [0.2, 0.25) is 0 Å². The molecule has 0 aliphatic carbocycles. The van der Waals surface area contributed by atoms with Crippen LogP contribution in [0.4, 0.5) is 11.4 Å².